The number of carboxylic acids is 1. The SMILES string of the molecule is COc1cc(/C=C(/C(=O)O)c2ccc(Oc3ccc(CCC(N)=O)cc3)cc2)cc(OC)c1. The molecule has 0 saturated heterocycles. The van der Waals surface area contributed by atoms with Crippen LogP contribution in [0.4, 0.5) is 0 Å². The zero-order valence-corrected chi connectivity index (χ0v) is 18.4. The summed E-state index contributed by atoms with van der Waals surface area (Å²) in [4.78, 5) is 22.8. The molecule has 7 heteroatoms. The molecule has 33 heavy (non-hydrogen) atoms. The lowest BCUT2D eigenvalue weighted by Crippen LogP contribution is -2.11. The fourth-order valence-corrected chi connectivity index (χ4v) is 3.18. The van der Waals surface area contributed by atoms with Gasteiger partial charge in [0, 0.05) is 12.5 Å². The van der Waals surface area contributed by atoms with Gasteiger partial charge in [0.2, 0.25) is 5.91 Å². The molecule has 0 aliphatic rings. The number of aliphatic carboxylic acids is 1. The Kier molecular flexibility index (Phi) is 7.70. The molecule has 0 aliphatic heterocycles. The van der Waals surface area contributed by atoms with Crippen molar-refractivity contribution in [2.75, 3.05) is 14.2 Å². The minimum Gasteiger partial charge on any atom is -0.497 e. The smallest absolute Gasteiger partial charge is 0.336 e. The van der Waals surface area contributed by atoms with Crippen molar-refractivity contribution >= 4 is 23.5 Å². The molecule has 0 radical (unpaired) electrons. The van der Waals surface area contributed by atoms with Crippen molar-refractivity contribution < 1.29 is 28.9 Å². The lowest BCUT2D eigenvalue weighted by Gasteiger charge is -2.09. The first-order chi connectivity index (χ1) is 15.9. The van der Waals surface area contributed by atoms with Crippen molar-refractivity contribution in [1.82, 2.24) is 0 Å². The second-order valence-corrected chi connectivity index (χ2v) is 7.25. The summed E-state index contributed by atoms with van der Waals surface area (Å²) in [6, 6.07) is 19.3. The predicted octanol–water partition coefficient (Wildman–Crippen LogP) is 4.54. The van der Waals surface area contributed by atoms with E-state index in [9.17, 15) is 14.7 Å². The highest BCUT2D eigenvalue weighted by molar-refractivity contribution is 6.20. The van der Waals surface area contributed by atoms with Crippen molar-refractivity contribution in [1.29, 1.82) is 0 Å². The summed E-state index contributed by atoms with van der Waals surface area (Å²) in [7, 11) is 3.07. The maximum Gasteiger partial charge on any atom is 0.336 e. The van der Waals surface area contributed by atoms with E-state index in [2.05, 4.69) is 0 Å². The van der Waals surface area contributed by atoms with E-state index in [-0.39, 0.29) is 11.5 Å². The molecule has 3 N–H and O–H groups in total. The van der Waals surface area contributed by atoms with Crippen molar-refractivity contribution in [3.05, 3.63) is 83.4 Å². The zero-order valence-electron chi connectivity index (χ0n) is 18.4. The Morgan fingerprint density at radius 1 is 0.848 bits per heavy atom. The topological polar surface area (TPSA) is 108 Å². The Bertz CT molecular complexity index is 1130. The van der Waals surface area contributed by atoms with Crippen LogP contribution in [0, 0.1) is 0 Å². The largest absolute Gasteiger partial charge is 0.497 e. The summed E-state index contributed by atoms with van der Waals surface area (Å²) in [6.07, 6.45) is 2.44. The minimum atomic E-state index is -1.06. The highest BCUT2D eigenvalue weighted by Crippen LogP contribution is 2.28. The van der Waals surface area contributed by atoms with Gasteiger partial charge in [-0.3, -0.25) is 4.79 Å². The number of carbonyl (C=O) groups is 2. The van der Waals surface area contributed by atoms with Crippen LogP contribution < -0.4 is 19.9 Å². The molecule has 3 aromatic carbocycles. The number of hydrogen-bond donors (Lipinski definition) is 2. The van der Waals surface area contributed by atoms with Gasteiger partial charge in [0.05, 0.1) is 19.8 Å². The molecular formula is C26H25NO6. The standard InChI is InChI=1S/C26H25NO6/c1-31-22-13-18(14-23(16-22)32-2)15-24(26(29)30)19-6-10-21(11-7-19)33-20-8-3-17(4-9-20)5-12-25(27)28/h3-4,6-11,13-16H,5,12H2,1-2H3,(H2,27,28)(H,29,30)/b24-15+. The highest BCUT2D eigenvalue weighted by Gasteiger charge is 2.12. The van der Waals surface area contributed by atoms with Gasteiger partial charge in [-0.1, -0.05) is 24.3 Å². The van der Waals surface area contributed by atoms with Crippen LogP contribution in [0.1, 0.15) is 23.1 Å². The molecule has 7 nitrogen and oxygen atoms in total. The van der Waals surface area contributed by atoms with Crippen molar-refractivity contribution in [2.45, 2.75) is 12.8 Å². The molecule has 0 aliphatic carbocycles. The van der Waals surface area contributed by atoms with Gasteiger partial charge in [0.1, 0.15) is 23.0 Å². The van der Waals surface area contributed by atoms with E-state index in [4.69, 9.17) is 19.9 Å². The van der Waals surface area contributed by atoms with Crippen LogP contribution in [0.5, 0.6) is 23.0 Å². The number of rotatable bonds is 10. The zero-order chi connectivity index (χ0) is 23.8. The third-order valence-electron chi connectivity index (χ3n) is 4.90. The molecule has 0 aromatic heterocycles. The number of benzene rings is 3. The Labute approximate surface area is 192 Å². The first-order valence-corrected chi connectivity index (χ1v) is 10.2. The molecule has 0 atom stereocenters. The molecule has 3 aromatic rings. The molecule has 0 bridgehead atoms. The fraction of sp³-hybridized carbons (Fsp3) is 0.154. The maximum atomic E-state index is 11.9. The van der Waals surface area contributed by atoms with Crippen molar-refractivity contribution in [3.8, 4) is 23.0 Å². The Morgan fingerprint density at radius 2 is 1.39 bits per heavy atom. The number of aryl methyl sites for hydroxylation is 1. The summed E-state index contributed by atoms with van der Waals surface area (Å²) in [6.45, 7) is 0. The molecule has 1 amide bonds. The predicted molar refractivity (Wildman–Crippen MR) is 126 cm³/mol. The summed E-state index contributed by atoms with van der Waals surface area (Å²) in [5.41, 5.74) is 7.45. The highest BCUT2D eigenvalue weighted by atomic mass is 16.5. The number of nitrogens with two attached hydrogens (primary N) is 1. The van der Waals surface area contributed by atoms with Crippen molar-refractivity contribution in [3.63, 3.8) is 0 Å². The third-order valence-corrected chi connectivity index (χ3v) is 4.90. The van der Waals surface area contributed by atoms with Crippen LogP contribution in [0.25, 0.3) is 11.6 Å². The number of carbonyl (C=O) groups excluding carboxylic acids is 1. The quantitative estimate of drug-likeness (QED) is 0.349. The first-order valence-electron chi connectivity index (χ1n) is 10.2. The maximum absolute atomic E-state index is 11.9. The van der Waals surface area contributed by atoms with Gasteiger partial charge >= 0.3 is 5.97 Å². The van der Waals surface area contributed by atoms with Crippen molar-refractivity contribution in [2.24, 2.45) is 5.73 Å². The third kappa shape index (κ3) is 6.61. The second-order valence-electron chi connectivity index (χ2n) is 7.25. The number of methoxy groups -OCH3 is 2. The monoisotopic (exact) mass is 447 g/mol. The Morgan fingerprint density at radius 3 is 1.88 bits per heavy atom. The van der Waals surface area contributed by atoms with Crippen LogP contribution in [-0.4, -0.2) is 31.2 Å². The number of primary amides is 1. The van der Waals surface area contributed by atoms with E-state index < -0.39 is 5.97 Å². The average Bonchev–Trinajstić information content (AvgIpc) is 2.82. The van der Waals surface area contributed by atoms with E-state index in [0.29, 0.717) is 47.0 Å². The van der Waals surface area contributed by atoms with Gasteiger partial charge in [-0.25, -0.2) is 4.79 Å². The summed E-state index contributed by atoms with van der Waals surface area (Å²) >= 11 is 0. The van der Waals surface area contributed by atoms with E-state index in [1.165, 1.54) is 14.2 Å². The molecular weight excluding hydrogens is 422 g/mol. The van der Waals surface area contributed by atoms with Gasteiger partial charge in [-0.2, -0.15) is 0 Å². The molecule has 0 unspecified atom stereocenters. The number of amides is 1. The minimum absolute atomic E-state index is 0.121. The van der Waals surface area contributed by atoms with E-state index >= 15 is 0 Å². The number of carboxylic acid groups (broad SMARTS) is 1. The molecule has 3 rings (SSSR count). The summed E-state index contributed by atoms with van der Waals surface area (Å²) in [5, 5.41) is 9.76. The number of hydrogen-bond acceptors (Lipinski definition) is 5. The molecule has 0 fully saturated rings. The second kappa shape index (κ2) is 10.9. The molecule has 170 valence electrons. The molecule has 0 saturated carbocycles. The number of ether oxygens (including phenoxy) is 3. The van der Waals surface area contributed by atoms with Gasteiger partial charge in [-0.15, -0.1) is 0 Å². The van der Waals surface area contributed by atoms with Crippen LogP contribution in [0.3, 0.4) is 0 Å². The molecule has 0 heterocycles. The summed E-state index contributed by atoms with van der Waals surface area (Å²) in [5.74, 6) is 0.927. The van der Waals surface area contributed by atoms with E-state index in [1.54, 1.807) is 48.5 Å². The van der Waals surface area contributed by atoms with Crippen LogP contribution in [0.15, 0.2) is 66.7 Å². The lowest BCUT2D eigenvalue weighted by molar-refractivity contribution is -0.130. The average molecular weight is 447 g/mol. The van der Waals surface area contributed by atoms with E-state index in [0.717, 1.165) is 5.56 Å². The van der Waals surface area contributed by atoms with Gasteiger partial charge in [0.15, 0.2) is 0 Å². The fourth-order valence-electron chi connectivity index (χ4n) is 3.18. The molecule has 0 spiro atoms. The lowest BCUT2D eigenvalue weighted by atomic mass is 10.0. The van der Waals surface area contributed by atoms with E-state index in [1.807, 2.05) is 24.3 Å². The van der Waals surface area contributed by atoms with Crippen LogP contribution in [-0.2, 0) is 16.0 Å². The van der Waals surface area contributed by atoms with Crippen LogP contribution in [0.2, 0.25) is 0 Å². The van der Waals surface area contributed by atoms with Gasteiger partial charge in [0.25, 0.3) is 0 Å². The Balaban J connectivity index is 1.77. The Hall–Kier alpha value is -4.26. The first kappa shape index (κ1) is 23.4. The van der Waals surface area contributed by atoms with Crippen LogP contribution >= 0.6 is 0 Å². The van der Waals surface area contributed by atoms with Gasteiger partial charge < -0.3 is 25.1 Å². The summed E-state index contributed by atoms with van der Waals surface area (Å²) < 4.78 is 16.4. The normalized spacial score (nSPS) is 11.0. The van der Waals surface area contributed by atoms with Gasteiger partial charge in [-0.05, 0) is 65.6 Å².